The van der Waals surface area contributed by atoms with Gasteiger partial charge < -0.3 is 9.52 Å². The molecule has 0 saturated heterocycles. The third-order valence-corrected chi connectivity index (χ3v) is 4.94. The standard InChI is InChI=1S/C24H21N3O4/c1-24(2,3)17-9-7-15(8-10-17)23-26-19-12-11-18(13-21(19)31-23)25-14-16-5-4-6-20(22(16)28)27(29)30/h4-14,28H,1-3H3/p-1. The van der Waals surface area contributed by atoms with E-state index in [9.17, 15) is 15.2 Å². The number of oxazole rings is 1. The van der Waals surface area contributed by atoms with Gasteiger partial charge in [-0.3, -0.25) is 15.1 Å². The van der Waals surface area contributed by atoms with E-state index >= 15 is 0 Å². The Morgan fingerprint density at radius 2 is 1.81 bits per heavy atom. The first-order chi connectivity index (χ1) is 14.7. The van der Waals surface area contributed by atoms with Crippen molar-refractivity contribution in [2.75, 3.05) is 0 Å². The van der Waals surface area contributed by atoms with Gasteiger partial charge in [0.15, 0.2) is 5.58 Å². The van der Waals surface area contributed by atoms with Gasteiger partial charge in [0.25, 0.3) is 5.69 Å². The van der Waals surface area contributed by atoms with Crippen LogP contribution in [-0.4, -0.2) is 16.1 Å². The fourth-order valence-corrected chi connectivity index (χ4v) is 3.16. The Hall–Kier alpha value is -4.00. The van der Waals surface area contributed by atoms with Crippen LogP contribution in [0.25, 0.3) is 22.6 Å². The van der Waals surface area contributed by atoms with Gasteiger partial charge in [-0.25, -0.2) is 4.98 Å². The van der Waals surface area contributed by atoms with Crippen molar-refractivity contribution in [1.82, 2.24) is 4.98 Å². The van der Waals surface area contributed by atoms with Crippen molar-refractivity contribution in [1.29, 1.82) is 0 Å². The Labute approximate surface area is 178 Å². The highest BCUT2D eigenvalue weighted by Crippen LogP contribution is 2.30. The Balaban J connectivity index is 1.62. The van der Waals surface area contributed by atoms with Gasteiger partial charge in [0.2, 0.25) is 5.89 Å². The van der Waals surface area contributed by atoms with Gasteiger partial charge in [-0.1, -0.05) is 45.0 Å². The maximum Gasteiger partial charge on any atom is 0.262 e. The van der Waals surface area contributed by atoms with Gasteiger partial charge in [0, 0.05) is 23.9 Å². The van der Waals surface area contributed by atoms with E-state index in [1.807, 2.05) is 12.1 Å². The van der Waals surface area contributed by atoms with Gasteiger partial charge in [-0.15, -0.1) is 0 Å². The number of aliphatic imine (C=N–C) groups is 1. The van der Waals surface area contributed by atoms with Crippen LogP contribution < -0.4 is 5.11 Å². The van der Waals surface area contributed by atoms with E-state index in [0.29, 0.717) is 22.7 Å². The fourth-order valence-electron chi connectivity index (χ4n) is 3.16. The number of hydrogen-bond donors (Lipinski definition) is 0. The van der Waals surface area contributed by atoms with Gasteiger partial charge in [0.1, 0.15) is 5.52 Å². The van der Waals surface area contributed by atoms with E-state index in [-0.39, 0.29) is 11.0 Å². The maximum absolute atomic E-state index is 12.1. The molecular weight excluding hydrogens is 394 g/mol. The Morgan fingerprint density at radius 1 is 1.06 bits per heavy atom. The van der Waals surface area contributed by atoms with Crippen molar-refractivity contribution in [2.45, 2.75) is 26.2 Å². The molecule has 0 unspecified atom stereocenters. The Kier molecular flexibility index (Phi) is 5.02. The Bertz CT molecular complexity index is 1300. The van der Waals surface area contributed by atoms with Crippen LogP contribution in [0.5, 0.6) is 5.75 Å². The van der Waals surface area contributed by atoms with Crippen molar-refractivity contribution in [3.8, 4) is 17.2 Å². The fraction of sp³-hybridized carbons (Fsp3) is 0.167. The molecule has 156 valence electrons. The molecule has 0 aliphatic heterocycles. The predicted octanol–water partition coefficient (Wildman–Crippen LogP) is 5.52. The lowest BCUT2D eigenvalue weighted by atomic mass is 9.87. The van der Waals surface area contributed by atoms with Crippen molar-refractivity contribution in [2.24, 2.45) is 4.99 Å². The number of nitro groups is 1. The molecule has 7 heteroatoms. The molecule has 0 atom stereocenters. The zero-order valence-electron chi connectivity index (χ0n) is 17.3. The van der Waals surface area contributed by atoms with Gasteiger partial charge in [-0.2, -0.15) is 0 Å². The van der Waals surface area contributed by atoms with Gasteiger partial charge >= 0.3 is 0 Å². The summed E-state index contributed by atoms with van der Waals surface area (Å²) in [5, 5.41) is 23.1. The number of aromatic nitrogens is 1. The highest BCUT2D eigenvalue weighted by molar-refractivity contribution is 5.88. The molecule has 0 N–H and O–H groups in total. The molecule has 4 rings (SSSR count). The number of benzene rings is 3. The lowest BCUT2D eigenvalue weighted by molar-refractivity contribution is -0.398. The summed E-state index contributed by atoms with van der Waals surface area (Å²) in [5.74, 6) is -0.157. The molecule has 31 heavy (non-hydrogen) atoms. The van der Waals surface area contributed by atoms with E-state index in [2.05, 4.69) is 42.9 Å². The quantitative estimate of drug-likeness (QED) is 0.248. The number of rotatable bonds is 4. The second kappa shape index (κ2) is 7.68. The van der Waals surface area contributed by atoms with E-state index in [4.69, 9.17) is 4.42 Å². The first-order valence-electron chi connectivity index (χ1n) is 9.72. The molecule has 0 saturated carbocycles. The average molecular weight is 414 g/mol. The minimum absolute atomic E-state index is 0.0654. The summed E-state index contributed by atoms with van der Waals surface area (Å²) in [7, 11) is 0. The molecule has 0 fully saturated rings. The minimum Gasteiger partial charge on any atom is -0.867 e. The van der Waals surface area contributed by atoms with Crippen molar-refractivity contribution in [3.05, 3.63) is 81.9 Å². The molecule has 1 heterocycles. The monoisotopic (exact) mass is 414 g/mol. The largest absolute Gasteiger partial charge is 0.867 e. The molecule has 7 nitrogen and oxygen atoms in total. The van der Waals surface area contributed by atoms with E-state index in [1.54, 1.807) is 18.2 Å². The van der Waals surface area contributed by atoms with E-state index in [1.165, 1.54) is 30.0 Å². The van der Waals surface area contributed by atoms with Crippen molar-refractivity contribution < 1.29 is 14.4 Å². The molecule has 3 aromatic carbocycles. The van der Waals surface area contributed by atoms with Crippen LogP contribution in [0, 0.1) is 10.1 Å². The summed E-state index contributed by atoms with van der Waals surface area (Å²) >= 11 is 0. The van der Waals surface area contributed by atoms with Gasteiger partial charge in [-0.05, 0) is 46.6 Å². The summed E-state index contributed by atoms with van der Waals surface area (Å²) in [6, 6.07) is 17.5. The predicted molar refractivity (Wildman–Crippen MR) is 118 cm³/mol. The molecule has 0 aliphatic rings. The number of nitro benzene ring substituents is 1. The first-order valence-corrected chi connectivity index (χ1v) is 9.72. The number of hydrogen-bond acceptors (Lipinski definition) is 6. The maximum atomic E-state index is 12.1. The molecule has 0 spiro atoms. The number of para-hydroxylation sites is 1. The normalized spacial score (nSPS) is 12.0. The topological polar surface area (TPSA) is 105 Å². The van der Waals surface area contributed by atoms with E-state index in [0.717, 1.165) is 5.56 Å². The second-order valence-electron chi connectivity index (χ2n) is 8.21. The first kappa shape index (κ1) is 20.3. The third-order valence-electron chi connectivity index (χ3n) is 4.94. The zero-order chi connectivity index (χ0) is 22.2. The summed E-state index contributed by atoms with van der Waals surface area (Å²) < 4.78 is 5.91. The molecule has 0 radical (unpaired) electrons. The molecule has 4 aromatic rings. The smallest absolute Gasteiger partial charge is 0.262 e. The average Bonchev–Trinajstić information content (AvgIpc) is 3.15. The summed E-state index contributed by atoms with van der Waals surface area (Å²) in [6.07, 6.45) is 1.32. The summed E-state index contributed by atoms with van der Waals surface area (Å²) in [6.45, 7) is 6.48. The molecule has 0 bridgehead atoms. The number of fused-ring (bicyclic) bond motifs is 1. The lowest BCUT2D eigenvalue weighted by Crippen LogP contribution is -2.10. The lowest BCUT2D eigenvalue weighted by Gasteiger charge is -2.18. The molecule has 1 aromatic heterocycles. The van der Waals surface area contributed by atoms with Crippen LogP contribution in [-0.2, 0) is 5.41 Å². The van der Waals surface area contributed by atoms with E-state index < -0.39 is 16.4 Å². The zero-order valence-corrected chi connectivity index (χ0v) is 17.3. The second-order valence-corrected chi connectivity index (χ2v) is 8.21. The highest BCUT2D eigenvalue weighted by atomic mass is 16.6. The SMILES string of the molecule is CC(C)(C)c1ccc(-c2nc3ccc(N=Cc4cccc([N+](=O)[O-])c4[O-])cc3o2)cc1. The third kappa shape index (κ3) is 4.16. The summed E-state index contributed by atoms with van der Waals surface area (Å²) in [5.41, 5.74) is 3.63. The Morgan fingerprint density at radius 3 is 2.48 bits per heavy atom. The summed E-state index contributed by atoms with van der Waals surface area (Å²) in [4.78, 5) is 19.0. The van der Waals surface area contributed by atoms with Gasteiger partial charge in [0.05, 0.1) is 10.6 Å². The van der Waals surface area contributed by atoms with Crippen LogP contribution in [0.1, 0.15) is 31.9 Å². The molecule has 0 aliphatic carbocycles. The van der Waals surface area contributed by atoms with Crippen molar-refractivity contribution in [3.63, 3.8) is 0 Å². The van der Waals surface area contributed by atoms with Crippen LogP contribution >= 0.6 is 0 Å². The molecule has 0 amide bonds. The van der Waals surface area contributed by atoms with Crippen LogP contribution in [0.4, 0.5) is 11.4 Å². The molecular formula is C24H20N3O4-. The van der Waals surface area contributed by atoms with Crippen LogP contribution in [0.15, 0.2) is 70.1 Å². The minimum atomic E-state index is -0.699. The van der Waals surface area contributed by atoms with Crippen LogP contribution in [0.3, 0.4) is 0 Å². The highest BCUT2D eigenvalue weighted by Gasteiger charge is 2.15. The number of nitrogens with zero attached hydrogens (tertiary/aromatic N) is 3. The van der Waals surface area contributed by atoms with Crippen molar-refractivity contribution >= 4 is 28.7 Å². The van der Waals surface area contributed by atoms with Crippen LogP contribution in [0.2, 0.25) is 0 Å².